The highest BCUT2D eigenvalue weighted by atomic mass is 16.5. The number of nitrogens with one attached hydrogen (secondary N) is 2. The molecule has 11 heteroatoms. The first-order chi connectivity index (χ1) is 23.4. The lowest BCUT2D eigenvalue weighted by Crippen LogP contribution is -2.17. The van der Waals surface area contributed by atoms with E-state index in [2.05, 4.69) is 67.0 Å². The predicted octanol–water partition coefficient (Wildman–Crippen LogP) is 7.27. The van der Waals surface area contributed by atoms with Crippen LogP contribution in [0.5, 0.6) is 11.8 Å². The fourth-order valence-electron chi connectivity index (χ4n) is 5.66. The fraction of sp³-hybridized carbons (Fsp3) is 0.447. The maximum absolute atomic E-state index is 13.4. The van der Waals surface area contributed by atoms with Crippen molar-refractivity contribution in [3.8, 4) is 11.8 Å². The van der Waals surface area contributed by atoms with Crippen LogP contribution in [0.3, 0.4) is 0 Å². The lowest BCUT2D eigenvalue weighted by Gasteiger charge is -2.20. The highest BCUT2D eigenvalue weighted by Crippen LogP contribution is 2.44. The van der Waals surface area contributed by atoms with Crippen LogP contribution >= 0.6 is 0 Å². The normalized spacial score (nSPS) is 16.4. The van der Waals surface area contributed by atoms with Crippen molar-refractivity contribution in [3.63, 3.8) is 0 Å². The Balaban J connectivity index is 0.00000319. The van der Waals surface area contributed by atoms with E-state index in [0.717, 1.165) is 17.6 Å². The van der Waals surface area contributed by atoms with Gasteiger partial charge in [0.2, 0.25) is 17.7 Å². The molecule has 0 saturated carbocycles. The summed E-state index contributed by atoms with van der Waals surface area (Å²) in [5, 5.41) is 6.07. The van der Waals surface area contributed by atoms with Gasteiger partial charge in [-0.2, -0.15) is 9.97 Å². The molecule has 2 aromatic rings. The zero-order valence-electron chi connectivity index (χ0n) is 30.8. The molecule has 0 radical (unpaired) electrons. The molecule has 0 spiro atoms. The Bertz CT molecular complexity index is 1610. The monoisotopic (exact) mass is 676 g/mol. The van der Waals surface area contributed by atoms with Crippen molar-refractivity contribution in [2.45, 2.75) is 66.1 Å². The number of fused-ring (bicyclic) bond motifs is 1. The second-order valence-electron chi connectivity index (χ2n) is 11.8. The average Bonchev–Trinajstić information content (AvgIpc) is 3.65. The van der Waals surface area contributed by atoms with Crippen molar-refractivity contribution in [2.75, 3.05) is 59.3 Å². The molecule has 11 nitrogen and oxygen atoms in total. The molecule has 1 atom stereocenters. The summed E-state index contributed by atoms with van der Waals surface area (Å²) < 4.78 is 33.1. The van der Waals surface area contributed by atoms with Crippen LogP contribution in [0.25, 0.3) is 0 Å². The lowest BCUT2D eigenvalue weighted by molar-refractivity contribution is -0.112. The maximum atomic E-state index is 13.4. The second kappa shape index (κ2) is 17.7. The number of allylic oxidation sites excluding steroid dienone is 3. The number of nitrogens with zero attached hydrogens (tertiary/aromatic N) is 2. The van der Waals surface area contributed by atoms with Crippen molar-refractivity contribution >= 4 is 17.5 Å². The van der Waals surface area contributed by atoms with Crippen molar-refractivity contribution < 1.29 is 33.2 Å². The Hall–Kier alpha value is -4.61. The van der Waals surface area contributed by atoms with Gasteiger partial charge in [0.05, 0.1) is 46.8 Å². The molecule has 1 aliphatic heterocycles. The molecule has 0 fully saturated rings. The number of hydrogen-bond acceptors (Lipinski definition) is 10. The minimum absolute atomic E-state index is 0.0426. The third kappa shape index (κ3) is 9.51. The number of benzene rings is 1. The maximum Gasteiger partial charge on any atom is 0.252 e. The summed E-state index contributed by atoms with van der Waals surface area (Å²) in [4.78, 5) is 22.4. The van der Waals surface area contributed by atoms with Crippen LogP contribution in [0.2, 0.25) is 0 Å². The molecule has 1 amide bonds. The first-order valence-electron chi connectivity index (χ1n) is 16.4. The van der Waals surface area contributed by atoms with Crippen molar-refractivity contribution in [3.05, 3.63) is 93.5 Å². The van der Waals surface area contributed by atoms with E-state index in [1.54, 1.807) is 13.2 Å². The van der Waals surface area contributed by atoms with Gasteiger partial charge in [-0.25, -0.2) is 0 Å². The van der Waals surface area contributed by atoms with Crippen LogP contribution in [0.15, 0.2) is 71.3 Å². The summed E-state index contributed by atoms with van der Waals surface area (Å²) in [5.41, 5.74) is 7.43. The number of aryl methyl sites for hydroxylation is 1. The quantitative estimate of drug-likeness (QED) is 0.147. The van der Waals surface area contributed by atoms with E-state index in [-0.39, 0.29) is 41.0 Å². The van der Waals surface area contributed by atoms with Gasteiger partial charge in [-0.1, -0.05) is 56.4 Å². The highest BCUT2D eigenvalue weighted by molar-refractivity contribution is 6.06. The van der Waals surface area contributed by atoms with Gasteiger partial charge in [0, 0.05) is 19.2 Å². The number of methoxy groups -OCH3 is 5. The first-order valence-corrected chi connectivity index (χ1v) is 16.4. The van der Waals surface area contributed by atoms with E-state index < -0.39 is 0 Å². The summed E-state index contributed by atoms with van der Waals surface area (Å²) in [6.07, 6.45) is 8.83. The number of hydrogen-bond donors (Lipinski definition) is 2. The Labute approximate surface area is 291 Å². The van der Waals surface area contributed by atoms with Gasteiger partial charge in [0.15, 0.2) is 17.2 Å². The largest absolute Gasteiger partial charge is 0.494 e. The zero-order chi connectivity index (χ0) is 36.3. The van der Waals surface area contributed by atoms with Gasteiger partial charge in [-0.05, 0) is 74.4 Å². The van der Waals surface area contributed by atoms with Gasteiger partial charge >= 0.3 is 0 Å². The number of anilines is 2. The number of amides is 1. The number of carbonyl (C=O) groups is 1. The van der Waals surface area contributed by atoms with Crippen LogP contribution in [0.4, 0.5) is 11.6 Å². The van der Waals surface area contributed by atoms with Gasteiger partial charge in [-0.3, -0.25) is 4.79 Å². The predicted molar refractivity (Wildman–Crippen MR) is 193 cm³/mol. The number of carbonyl (C=O) groups excluding carboxylic acids is 1. The molecule has 1 aromatic carbocycles. The molecule has 266 valence electrons. The third-order valence-corrected chi connectivity index (χ3v) is 8.20. The van der Waals surface area contributed by atoms with Gasteiger partial charge < -0.3 is 39.1 Å². The molecule has 1 aliphatic carbocycles. The number of rotatable bonds is 15. The average molecular weight is 677 g/mol. The van der Waals surface area contributed by atoms with E-state index in [1.807, 2.05) is 32.1 Å². The van der Waals surface area contributed by atoms with Gasteiger partial charge in [-0.15, -0.1) is 0 Å². The molecular weight excluding hydrogens is 624 g/mol. The summed E-state index contributed by atoms with van der Waals surface area (Å²) in [6.45, 7) is 17.0. The highest BCUT2D eigenvalue weighted by Gasteiger charge is 2.36. The number of ether oxygens (including phenoxy) is 6. The molecule has 4 rings (SSSR count). The minimum atomic E-state index is -0.298. The molecule has 49 heavy (non-hydrogen) atoms. The Morgan fingerprint density at radius 3 is 2.33 bits per heavy atom. The van der Waals surface area contributed by atoms with Gasteiger partial charge in [0.25, 0.3) is 5.91 Å². The van der Waals surface area contributed by atoms with Crippen LogP contribution in [0.1, 0.15) is 69.4 Å². The third-order valence-electron chi connectivity index (χ3n) is 8.20. The molecule has 2 N–H and O–H groups in total. The van der Waals surface area contributed by atoms with E-state index >= 15 is 0 Å². The zero-order valence-corrected chi connectivity index (χ0v) is 30.8. The summed E-state index contributed by atoms with van der Waals surface area (Å²) in [6, 6.07) is 4.50. The van der Waals surface area contributed by atoms with E-state index in [9.17, 15) is 4.79 Å². The topological polar surface area (TPSA) is 122 Å². The molecule has 0 saturated heterocycles. The minimum Gasteiger partial charge on any atom is -0.494 e. The summed E-state index contributed by atoms with van der Waals surface area (Å²) >= 11 is 0. The summed E-state index contributed by atoms with van der Waals surface area (Å²) in [7, 11) is 7.59. The van der Waals surface area contributed by atoms with Crippen molar-refractivity contribution in [2.24, 2.45) is 0 Å². The standard InChI is InChI=1S/C36H46N4O7.C2H6/c1-21-15-29-28(22(2)47-36(29,4)5)19-27(21)17-24-11-12-26(16-24)32(41)38-31-33(45-9)39-35(40-34(31)46-10)37-20-25(13-14-42-6)18-30(44-8)23(3)43-7;1-2/h11-13,15,18-19,22H,3,14,16-17,20H2,1-2,4-10H3,(H,38,41)(H,37,39,40);1-2H3/b25-13+,30-18+;. The van der Waals surface area contributed by atoms with Crippen molar-refractivity contribution in [1.82, 2.24) is 9.97 Å². The van der Waals surface area contributed by atoms with Crippen LogP contribution < -0.4 is 20.1 Å². The van der Waals surface area contributed by atoms with Crippen LogP contribution in [-0.4, -0.2) is 64.6 Å². The molecule has 2 aliphatic rings. The molecular formula is C38H52N4O7. The van der Waals surface area contributed by atoms with E-state index in [1.165, 1.54) is 50.7 Å². The first kappa shape index (κ1) is 38.8. The van der Waals surface area contributed by atoms with Crippen LogP contribution in [0, 0.1) is 6.92 Å². The summed E-state index contributed by atoms with van der Waals surface area (Å²) in [5.74, 6) is 1.08. The molecule has 0 bridgehead atoms. The van der Waals surface area contributed by atoms with Gasteiger partial charge in [0.1, 0.15) is 0 Å². The Morgan fingerprint density at radius 1 is 1.06 bits per heavy atom. The molecule has 2 heterocycles. The second-order valence-corrected chi connectivity index (χ2v) is 11.8. The Kier molecular flexibility index (Phi) is 14.0. The Morgan fingerprint density at radius 2 is 1.73 bits per heavy atom. The van der Waals surface area contributed by atoms with E-state index in [0.29, 0.717) is 36.7 Å². The van der Waals surface area contributed by atoms with Crippen molar-refractivity contribution in [1.29, 1.82) is 0 Å². The fourth-order valence-corrected chi connectivity index (χ4v) is 5.66. The van der Waals surface area contributed by atoms with Crippen LogP contribution in [-0.2, 0) is 35.8 Å². The lowest BCUT2D eigenvalue weighted by atomic mass is 9.88. The SMILES string of the molecule is C=C(OC)/C(=C\C(=C/COC)CNc1nc(OC)c(NC(=O)C2=CC=C(Cc3cc4c(cc3C)C(C)(C)OC4C)C2)c(OC)n1)OC.CC. The number of aromatic nitrogens is 2. The smallest absolute Gasteiger partial charge is 0.252 e. The molecule has 1 aromatic heterocycles. The van der Waals surface area contributed by atoms with E-state index in [4.69, 9.17) is 28.4 Å². The molecule has 1 unspecified atom stereocenters.